The number of hydrogen-bond acceptors (Lipinski definition) is 7. The van der Waals surface area contributed by atoms with E-state index in [2.05, 4.69) is 22.8 Å². The van der Waals surface area contributed by atoms with Crippen LogP contribution in [0.4, 0.5) is 11.8 Å². The van der Waals surface area contributed by atoms with E-state index in [1.165, 1.54) is 25.7 Å². The number of benzene rings is 2. The van der Waals surface area contributed by atoms with Gasteiger partial charge in [0.05, 0.1) is 18.7 Å². The van der Waals surface area contributed by atoms with Gasteiger partial charge in [0, 0.05) is 44.2 Å². The Balaban J connectivity index is 0.00000361. The summed E-state index contributed by atoms with van der Waals surface area (Å²) in [7, 11) is 4.05. The van der Waals surface area contributed by atoms with E-state index in [0.717, 1.165) is 46.9 Å². The summed E-state index contributed by atoms with van der Waals surface area (Å²) < 4.78 is 11.5. The number of rotatable bonds is 11. The Morgan fingerprint density at radius 3 is 2.42 bits per heavy atom. The Labute approximate surface area is 216 Å². The van der Waals surface area contributed by atoms with Gasteiger partial charge in [0.15, 0.2) is 0 Å². The fraction of sp³-hybridized carbons (Fsp3) is 0.517. The summed E-state index contributed by atoms with van der Waals surface area (Å²) in [5, 5.41) is 8.35. The number of nitrogens with zero attached hydrogens (tertiary/aromatic N) is 3. The van der Waals surface area contributed by atoms with Gasteiger partial charge in [-0.1, -0.05) is 19.6 Å². The van der Waals surface area contributed by atoms with Gasteiger partial charge in [0.1, 0.15) is 17.3 Å². The quantitative estimate of drug-likeness (QED) is 0.345. The third-order valence-corrected chi connectivity index (χ3v) is 6.63. The van der Waals surface area contributed by atoms with Crippen LogP contribution in [0.15, 0.2) is 42.5 Å². The largest absolute Gasteiger partial charge is 0.494 e. The maximum atomic E-state index is 5.83. The van der Waals surface area contributed by atoms with E-state index in [1.54, 1.807) is 0 Å². The summed E-state index contributed by atoms with van der Waals surface area (Å²) in [5.41, 5.74) is 2.13. The van der Waals surface area contributed by atoms with Crippen LogP contribution in [0.25, 0.3) is 10.9 Å². The van der Waals surface area contributed by atoms with E-state index >= 15 is 0 Å². The van der Waals surface area contributed by atoms with Crippen molar-refractivity contribution in [1.82, 2.24) is 15.3 Å². The number of fused-ring (bicyclic) bond motifs is 1. The van der Waals surface area contributed by atoms with Crippen molar-refractivity contribution in [2.75, 3.05) is 44.1 Å². The van der Waals surface area contributed by atoms with Crippen LogP contribution >= 0.6 is 0 Å². The smallest absolute Gasteiger partial charge is 0.225 e. The average molecular weight is 494 g/mol. The zero-order chi connectivity index (χ0) is 24.6. The molecular formula is C29H43N5O2. The number of ether oxygens (including phenoxy) is 2. The SMILES string of the molecule is C.CCOc1ccc(OCC)c(CNC2CCC(CNc3nc(N(C)C)c4ccccc4n3)CC2)c1. The molecule has 1 fully saturated rings. The summed E-state index contributed by atoms with van der Waals surface area (Å²) in [6.45, 7) is 7.06. The van der Waals surface area contributed by atoms with Crippen molar-refractivity contribution < 1.29 is 9.47 Å². The van der Waals surface area contributed by atoms with Crippen molar-refractivity contribution in [3.63, 3.8) is 0 Å². The molecule has 0 spiro atoms. The molecule has 36 heavy (non-hydrogen) atoms. The van der Waals surface area contributed by atoms with E-state index in [4.69, 9.17) is 19.4 Å². The maximum absolute atomic E-state index is 5.83. The highest BCUT2D eigenvalue weighted by Crippen LogP contribution is 2.28. The number of hydrogen-bond donors (Lipinski definition) is 2. The number of anilines is 2. The van der Waals surface area contributed by atoms with Gasteiger partial charge in [-0.2, -0.15) is 4.98 Å². The molecule has 2 aromatic carbocycles. The molecule has 7 nitrogen and oxygen atoms in total. The lowest BCUT2D eigenvalue weighted by Gasteiger charge is -2.29. The fourth-order valence-corrected chi connectivity index (χ4v) is 4.79. The maximum Gasteiger partial charge on any atom is 0.225 e. The van der Waals surface area contributed by atoms with Gasteiger partial charge >= 0.3 is 0 Å². The molecule has 1 heterocycles. The highest BCUT2D eigenvalue weighted by atomic mass is 16.5. The molecule has 1 aliphatic rings. The highest BCUT2D eigenvalue weighted by Gasteiger charge is 2.22. The van der Waals surface area contributed by atoms with E-state index in [-0.39, 0.29) is 7.43 Å². The summed E-state index contributed by atoms with van der Waals surface area (Å²) >= 11 is 0. The molecule has 4 rings (SSSR count). The molecule has 3 aromatic rings. The molecule has 7 heteroatoms. The molecule has 0 saturated heterocycles. The first-order valence-electron chi connectivity index (χ1n) is 12.9. The van der Waals surface area contributed by atoms with Gasteiger partial charge in [-0.15, -0.1) is 0 Å². The Kier molecular flexibility index (Phi) is 10.2. The lowest BCUT2D eigenvalue weighted by Crippen LogP contribution is -2.34. The molecule has 0 radical (unpaired) electrons. The molecule has 0 bridgehead atoms. The van der Waals surface area contributed by atoms with E-state index < -0.39 is 0 Å². The molecule has 1 saturated carbocycles. The molecule has 0 aliphatic heterocycles. The molecule has 1 aromatic heterocycles. The summed E-state index contributed by atoms with van der Waals surface area (Å²) in [4.78, 5) is 11.6. The van der Waals surface area contributed by atoms with Gasteiger partial charge in [-0.3, -0.25) is 0 Å². The van der Waals surface area contributed by atoms with Gasteiger partial charge in [-0.05, 0) is 75.8 Å². The van der Waals surface area contributed by atoms with Crippen molar-refractivity contribution in [2.45, 2.75) is 59.5 Å². The first kappa shape index (κ1) is 27.5. The molecule has 0 atom stereocenters. The predicted octanol–water partition coefficient (Wildman–Crippen LogP) is 5.89. The minimum atomic E-state index is 0. The zero-order valence-electron chi connectivity index (χ0n) is 21.5. The van der Waals surface area contributed by atoms with E-state index in [9.17, 15) is 0 Å². The number of para-hydroxylation sites is 1. The van der Waals surface area contributed by atoms with Crippen LogP contribution in [0.1, 0.15) is 52.5 Å². The first-order valence-corrected chi connectivity index (χ1v) is 12.9. The normalized spacial score (nSPS) is 17.3. The van der Waals surface area contributed by atoms with Gasteiger partial charge in [-0.25, -0.2) is 4.98 Å². The first-order chi connectivity index (χ1) is 17.1. The van der Waals surface area contributed by atoms with Crippen LogP contribution in [-0.2, 0) is 6.54 Å². The lowest BCUT2D eigenvalue weighted by molar-refractivity contribution is 0.295. The predicted molar refractivity (Wildman–Crippen MR) is 150 cm³/mol. The van der Waals surface area contributed by atoms with Crippen LogP contribution in [0, 0.1) is 5.92 Å². The number of aromatic nitrogens is 2. The Morgan fingerprint density at radius 1 is 0.944 bits per heavy atom. The second-order valence-corrected chi connectivity index (χ2v) is 9.40. The van der Waals surface area contributed by atoms with Gasteiger partial charge < -0.3 is 25.0 Å². The second kappa shape index (κ2) is 13.3. The molecule has 196 valence electrons. The van der Waals surface area contributed by atoms with E-state index in [0.29, 0.717) is 31.1 Å². The lowest BCUT2D eigenvalue weighted by atomic mass is 9.86. The van der Waals surface area contributed by atoms with Crippen molar-refractivity contribution in [3.05, 3.63) is 48.0 Å². The summed E-state index contributed by atoms with van der Waals surface area (Å²) in [6.07, 6.45) is 4.72. The van der Waals surface area contributed by atoms with Crippen molar-refractivity contribution >= 4 is 22.7 Å². The highest BCUT2D eigenvalue weighted by molar-refractivity contribution is 5.90. The fourth-order valence-electron chi connectivity index (χ4n) is 4.79. The van der Waals surface area contributed by atoms with Crippen LogP contribution in [0.3, 0.4) is 0 Å². The van der Waals surface area contributed by atoms with Crippen LogP contribution < -0.4 is 25.0 Å². The average Bonchev–Trinajstić information content (AvgIpc) is 2.87. The monoisotopic (exact) mass is 493 g/mol. The van der Waals surface area contributed by atoms with Crippen LogP contribution in [0.2, 0.25) is 0 Å². The zero-order valence-corrected chi connectivity index (χ0v) is 21.5. The van der Waals surface area contributed by atoms with Crippen molar-refractivity contribution in [1.29, 1.82) is 0 Å². The third-order valence-electron chi connectivity index (χ3n) is 6.63. The standard InChI is InChI=1S/C28H39N5O2.CH4/c1-5-34-23-15-16-26(35-6-2)21(17-23)19-29-22-13-11-20(12-14-22)18-30-28-31-25-10-8-7-9-24(25)27(32-28)33(3)4;/h7-10,15-17,20,22,29H,5-6,11-14,18-19H2,1-4H3,(H,30,31,32);1H4. The summed E-state index contributed by atoms with van der Waals surface area (Å²) in [5.74, 6) is 4.13. The van der Waals surface area contributed by atoms with Crippen LogP contribution in [-0.4, -0.2) is 49.9 Å². The molecular weight excluding hydrogens is 450 g/mol. The Morgan fingerprint density at radius 2 is 1.69 bits per heavy atom. The molecule has 2 N–H and O–H groups in total. The minimum absolute atomic E-state index is 0. The van der Waals surface area contributed by atoms with E-state index in [1.807, 2.05) is 63.2 Å². The second-order valence-electron chi connectivity index (χ2n) is 9.40. The van der Waals surface area contributed by atoms with Gasteiger partial charge in [0.25, 0.3) is 0 Å². The van der Waals surface area contributed by atoms with Crippen LogP contribution in [0.5, 0.6) is 11.5 Å². The third kappa shape index (κ3) is 7.00. The molecule has 0 unspecified atom stereocenters. The Bertz CT molecular complexity index is 1100. The topological polar surface area (TPSA) is 71.5 Å². The molecule has 1 aliphatic carbocycles. The summed E-state index contributed by atoms with van der Waals surface area (Å²) in [6, 6.07) is 14.8. The van der Waals surface area contributed by atoms with Crippen molar-refractivity contribution in [3.8, 4) is 11.5 Å². The minimum Gasteiger partial charge on any atom is -0.494 e. The molecule has 0 amide bonds. The number of nitrogens with one attached hydrogen (secondary N) is 2. The van der Waals surface area contributed by atoms with Crippen molar-refractivity contribution in [2.24, 2.45) is 5.92 Å². The van der Waals surface area contributed by atoms with Gasteiger partial charge in [0.2, 0.25) is 5.95 Å². The Hall–Kier alpha value is -3.06.